The molecule has 0 bridgehead atoms. The number of carbonyl (C=O) groups is 1. The first-order valence-corrected chi connectivity index (χ1v) is 8.49. The highest BCUT2D eigenvalue weighted by Gasteiger charge is 2.36. The molecule has 3 rings (SSSR count). The van der Waals surface area contributed by atoms with Gasteiger partial charge in [-0.25, -0.2) is 4.79 Å². The lowest BCUT2D eigenvalue weighted by Gasteiger charge is -2.38. The fourth-order valence-corrected chi connectivity index (χ4v) is 3.44. The van der Waals surface area contributed by atoms with E-state index in [-0.39, 0.29) is 11.4 Å². The van der Waals surface area contributed by atoms with Crippen LogP contribution in [0.4, 0.5) is 4.79 Å². The van der Waals surface area contributed by atoms with Crippen molar-refractivity contribution in [2.24, 2.45) is 0 Å². The molecule has 1 saturated heterocycles. The molecule has 2 fully saturated rings. The van der Waals surface area contributed by atoms with Crippen LogP contribution in [0.2, 0.25) is 0 Å². The van der Waals surface area contributed by atoms with Crippen LogP contribution in [0.5, 0.6) is 0 Å². The van der Waals surface area contributed by atoms with Gasteiger partial charge >= 0.3 is 6.03 Å². The smallest absolute Gasteiger partial charge is 0.314 e. The minimum atomic E-state index is -0.687. The third-order valence-electron chi connectivity index (χ3n) is 5.29. The van der Waals surface area contributed by atoms with E-state index in [1.165, 1.54) is 5.56 Å². The lowest BCUT2D eigenvalue weighted by atomic mass is 9.74. The van der Waals surface area contributed by atoms with Crippen molar-refractivity contribution in [2.75, 3.05) is 26.3 Å². The van der Waals surface area contributed by atoms with Crippen LogP contribution in [-0.2, 0) is 10.2 Å². The van der Waals surface area contributed by atoms with Crippen LogP contribution in [0.3, 0.4) is 0 Å². The number of ether oxygens (including phenoxy) is 1. The molecule has 23 heavy (non-hydrogen) atoms. The predicted octanol–water partition coefficient (Wildman–Crippen LogP) is 1.95. The molecule has 1 heterocycles. The molecular formula is C18H26N2O3. The van der Waals surface area contributed by atoms with Crippen molar-refractivity contribution in [3.8, 4) is 0 Å². The third kappa shape index (κ3) is 3.85. The maximum absolute atomic E-state index is 12.1. The molecule has 2 amide bonds. The van der Waals surface area contributed by atoms with E-state index in [4.69, 9.17) is 4.74 Å². The summed E-state index contributed by atoms with van der Waals surface area (Å²) in [6, 6.07) is 10.1. The number of carbonyl (C=O) groups excluding carboxylic acids is 1. The number of aliphatic hydroxyl groups is 1. The van der Waals surface area contributed by atoms with Gasteiger partial charge in [-0.05, 0) is 37.7 Å². The normalized spacial score (nSPS) is 22.0. The summed E-state index contributed by atoms with van der Waals surface area (Å²) in [5.41, 5.74) is 0.499. The average Bonchev–Trinajstić information content (AvgIpc) is 2.58. The first-order chi connectivity index (χ1) is 11.1. The Morgan fingerprint density at radius 2 is 1.70 bits per heavy atom. The molecule has 1 saturated carbocycles. The fourth-order valence-electron chi connectivity index (χ4n) is 3.44. The maximum Gasteiger partial charge on any atom is 0.314 e. The zero-order valence-electron chi connectivity index (χ0n) is 13.5. The Balaban J connectivity index is 1.57. The Hall–Kier alpha value is -1.59. The molecule has 0 aromatic heterocycles. The van der Waals surface area contributed by atoms with E-state index >= 15 is 0 Å². The zero-order chi connectivity index (χ0) is 16.2. The standard InChI is InChI=1S/C18H26N2O3/c21-16(20-14-18(22)7-4-8-18)19-13-17(9-11-23-12-10-17)15-5-2-1-3-6-15/h1-3,5-6,22H,4,7-14H2,(H2,19,20,21). The second-order valence-electron chi connectivity index (χ2n) is 6.87. The van der Waals surface area contributed by atoms with Crippen molar-refractivity contribution in [2.45, 2.75) is 43.1 Å². The highest BCUT2D eigenvalue weighted by atomic mass is 16.5. The van der Waals surface area contributed by atoms with Gasteiger partial charge in [0.2, 0.25) is 0 Å². The topological polar surface area (TPSA) is 70.6 Å². The molecule has 0 atom stereocenters. The van der Waals surface area contributed by atoms with Crippen molar-refractivity contribution < 1.29 is 14.6 Å². The van der Waals surface area contributed by atoms with Gasteiger partial charge in [0.25, 0.3) is 0 Å². The van der Waals surface area contributed by atoms with Gasteiger partial charge in [0.15, 0.2) is 0 Å². The van der Waals surface area contributed by atoms with Gasteiger partial charge < -0.3 is 20.5 Å². The van der Waals surface area contributed by atoms with Crippen LogP contribution in [0.1, 0.15) is 37.7 Å². The molecule has 0 spiro atoms. The number of rotatable bonds is 5. The average molecular weight is 318 g/mol. The van der Waals surface area contributed by atoms with Crippen LogP contribution in [0.25, 0.3) is 0 Å². The molecule has 1 aliphatic heterocycles. The van der Waals surface area contributed by atoms with Crippen molar-refractivity contribution in [3.05, 3.63) is 35.9 Å². The molecule has 0 unspecified atom stereocenters. The Morgan fingerprint density at radius 1 is 1.04 bits per heavy atom. The summed E-state index contributed by atoms with van der Waals surface area (Å²) < 4.78 is 5.51. The largest absolute Gasteiger partial charge is 0.388 e. The van der Waals surface area contributed by atoms with Crippen LogP contribution in [0.15, 0.2) is 30.3 Å². The van der Waals surface area contributed by atoms with Crippen molar-refractivity contribution in [3.63, 3.8) is 0 Å². The molecular weight excluding hydrogens is 292 g/mol. The summed E-state index contributed by atoms with van der Waals surface area (Å²) >= 11 is 0. The number of benzene rings is 1. The van der Waals surface area contributed by atoms with E-state index < -0.39 is 5.60 Å². The Kier molecular flexibility index (Phi) is 4.87. The van der Waals surface area contributed by atoms with E-state index in [1.54, 1.807) is 0 Å². The van der Waals surface area contributed by atoms with Gasteiger partial charge in [0, 0.05) is 31.7 Å². The van der Waals surface area contributed by atoms with Crippen molar-refractivity contribution >= 4 is 6.03 Å². The minimum Gasteiger partial charge on any atom is -0.388 e. The number of urea groups is 1. The van der Waals surface area contributed by atoms with Crippen molar-refractivity contribution in [1.82, 2.24) is 10.6 Å². The highest BCUT2D eigenvalue weighted by Crippen LogP contribution is 2.34. The molecule has 1 aromatic carbocycles. The quantitative estimate of drug-likeness (QED) is 0.777. The fraction of sp³-hybridized carbons (Fsp3) is 0.611. The van der Waals surface area contributed by atoms with Crippen molar-refractivity contribution in [1.29, 1.82) is 0 Å². The highest BCUT2D eigenvalue weighted by molar-refractivity contribution is 5.74. The summed E-state index contributed by atoms with van der Waals surface area (Å²) in [4.78, 5) is 12.1. The number of amides is 2. The van der Waals surface area contributed by atoms with Crippen LogP contribution in [-0.4, -0.2) is 43.0 Å². The number of hydrogen-bond acceptors (Lipinski definition) is 3. The van der Waals surface area contributed by atoms with Gasteiger partial charge in [-0.2, -0.15) is 0 Å². The van der Waals surface area contributed by atoms with E-state index in [1.807, 2.05) is 18.2 Å². The van der Waals surface area contributed by atoms with Gasteiger partial charge in [-0.3, -0.25) is 0 Å². The lowest BCUT2D eigenvalue weighted by Crippen LogP contribution is -2.52. The zero-order valence-corrected chi connectivity index (χ0v) is 13.5. The van der Waals surface area contributed by atoms with E-state index in [0.717, 1.165) is 45.3 Å². The molecule has 2 aliphatic rings. The summed E-state index contributed by atoms with van der Waals surface area (Å²) in [5.74, 6) is 0. The molecule has 1 aromatic rings. The molecule has 3 N–H and O–H groups in total. The molecule has 0 radical (unpaired) electrons. The number of hydrogen-bond donors (Lipinski definition) is 3. The second kappa shape index (κ2) is 6.89. The van der Waals surface area contributed by atoms with Crippen LogP contribution >= 0.6 is 0 Å². The molecule has 5 heteroatoms. The monoisotopic (exact) mass is 318 g/mol. The van der Waals surface area contributed by atoms with E-state index in [2.05, 4.69) is 22.8 Å². The first kappa shape index (κ1) is 16.3. The summed E-state index contributed by atoms with van der Waals surface area (Å²) in [6.07, 6.45) is 4.40. The Bertz CT molecular complexity index is 522. The Labute approximate surface area is 137 Å². The third-order valence-corrected chi connectivity index (χ3v) is 5.29. The van der Waals surface area contributed by atoms with Gasteiger partial charge in [0.05, 0.1) is 5.60 Å². The Morgan fingerprint density at radius 3 is 2.30 bits per heavy atom. The SMILES string of the molecule is O=C(NCC1(O)CCC1)NCC1(c2ccccc2)CCOCC1. The van der Waals surface area contributed by atoms with Crippen LogP contribution in [0, 0.1) is 0 Å². The summed E-state index contributed by atoms with van der Waals surface area (Å²) in [6.45, 7) is 2.36. The summed E-state index contributed by atoms with van der Waals surface area (Å²) in [7, 11) is 0. The number of nitrogens with one attached hydrogen (secondary N) is 2. The predicted molar refractivity (Wildman–Crippen MR) is 88.4 cm³/mol. The van der Waals surface area contributed by atoms with Gasteiger partial charge in [0.1, 0.15) is 0 Å². The maximum atomic E-state index is 12.1. The van der Waals surface area contributed by atoms with E-state index in [0.29, 0.717) is 13.1 Å². The lowest BCUT2D eigenvalue weighted by molar-refractivity contribution is -0.0290. The summed E-state index contributed by atoms with van der Waals surface area (Å²) in [5, 5.41) is 15.8. The van der Waals surface area contributed by atoms with Gasteiger partial charge in [-0.1, -0.05) is 30.3 Å². The van der Waals surface area contributed by atoms with Gasteiger partial charge in [-0.15, -0.1) is 0 Å². The molecule has 126 valence electrons. The minimum absolute atomic E-state index is 0.0653. The molecule has 5 nitrogen and oxygen atoms in total. The van der Waals surface area contributed by atoms with Crippen LogP contribution < -0.4 is 10.6 Å². The van der Waals surface area contributed by atoms with E-state index in [9.17, 15) is 9.90 Å². The second-order valence-corrected chi connectivity index (χ2v) is 6.87. The first-order valence-electron chi connectivity index (χ1n) is 8.49. The molecule has 1 aliphatic carbocycles.